The molecular weight excluding hydrogens is 382 g/mol. The van der Waals surface area contributed by atoms with Gasteiger partial charge in [0, 0.05) is 19.4 Å². The van der Waals surface area contributed by atoms with Crippen molar-refractivity contribution in [3.63, 3.8) is 0 Å². The van der Waals surface area contributed by atoms with Gasteiger partial charge < -0.3 is 9.32 Å². The molecule has 4 rings (SSSR count). The van der Waals surface area contributed by atoms with E-state index in [1.54, 1.807) is 41.7 Å². The predicted molar refractivity (Wildman–Crippen MR) is 104 cm³/mol. The summed E-state index contributed by atoms with van der Waals surface area (Å²) in [6, 6.07) is 11.6. The molecule has 7 nitrogen and oxygen atoms in total. The average Bonchev–Trinajstić information content (AvgIpc) is 3.33. The van der Waals surface area contributed by atoms with E-state index in [1.807, 2.05) is 30.3 Å². The Balaban J connectivity index is 1.34. The van der Waals surface area contributed by atoms with Gasteiger partial charge in [-0.3, -0.25) is 9.78 Å². The number of amides is 1. The maximum Gasteiger partial charge on any atom is 0.277 e. The van der Waals surface area contributed by atoms with Crippen molar-refractivity contribution in [2.45, 2.75) is 11.8 Å². The van der Waals surface area contributed by atoms with Gasteiger partial charge in [0.2, 0.25) is 11.8 Å². The Morgan fingerprint density at radius 3 is 2.93 bits per heavy atom. The Kier molecular flexibility index (Phi) is 5.12. The molecule has 0 fully saturated rings. The maximum atomic E-state index is 12.4. The van der Waals surface area contributed by atoms with Gasteiger partial charge in [0.25, 0.3) is 5.22 Å². The first-order valence-corrected chi connectivity index (χ1v) is 9.94. The van der Waals surface area contributed by atoms with Crippen molar-refractivity contribution >= 4 is 39.2 Å². The van der Waals surface area contributed by atoms with Crippen molar-refractivity contribution in [3.8, 4) is 11.5 Å². The quantitative estimate of drug-likeness (QED) is 0.460. The zero-order chi connectivity index (χ0) is 18.6. The second-order valence-electron chi connectivity index (χ2n) is 5.73. The fourth-order valence-electron chi connectivity index (χ4n) is 2.39. The monoisotopic (exact) mass is 397 g/mol. The van der Waals surface area contributed by atoms with Gasteiger partial charge in [-0.2, -0.15) is 0 Å². The highest BCUT2D eigenvalue weighted by atomic mass is 32.2. The first kappa shape index (κ1) is 17.6. The first-order chi connectivity index (χ1) is 13.2. The van der Waals surface area contributed by atoms with Crippen LogP contribution in [0.15, 0.2) is 58.4 Å². The van der Waals surface area contributed by atoms with Gasteiger partial charge in [0.05, 0.1) is 28.1 Å². The molecule has 0 saturated carbocycles. The van der Waals surface area contributed by atoms with Gasteiger partial charge in [-0.15, -0.1) is 21.5 Å². The lowest BCUT2D eigenvalue weighted by atomic mass is 10.3. The number of nitrogens with zero attached hydrogens (tertiary/aromatic N) is 5. The maximum absolute atomic E-state index is 12.4. The molecule has 0 aliphatic carbocycles. The second kappa shape index (κ2) is 7.85. The Hall–Kier alpha value is -2.78. The standard InChI is InChI=1S/C18H15N5O2S2/c1-23(10-15-20-13-6-2-3-7-14(13)27-15)16(24)11-26-18-22-21-17(25-18)12-5-4-8-19-9-12/h2-9H,10-11H2,1H3. The Morgan fingerprint density at radius 2 is 2.11 bits per heavy atom. The molecule has 0 N–H and O–H groups in total. The minimum atomic E-state index is -0.0274. The summed E-state index contributed by atoms with van der Waals surface area (Å²) in [6.45, 7) is 0.476. The van der Waals surface area contributed by atoms with Crippen molar-refractivity contribution in [1.82, 2.24) is 25.1 Å². The van der Waals surface area contributed by atoms with Crippen LogP contribution in [0, 0.1) is 0 Å². The van der Waals surface area contributed by atoms with Crippen LogP contribution in [0.4, 0.5) is 0 Å². The van der Waals surface area contributed by atoms with Gasteiger partial charge in [0.15, 0.2) is 0 Å². The molecule has 0 atom stereocenters. The fraction of sp³-hybridized carbons (Fsp3) is 0.167. The van der Waals surface area contributed by atoms with Crippen LogP contribution in [-0.4, -0.2) is 43.8 Å². The minimum Gasteiger partial charge on any atom is -0.411 e. The summed E-state index contributed by atoms with van der Waals surface area (Å²) in [7, 11) is 1.77. The number of aromatic nitrogens is 4. The molecule has 0 bridgehead atoms. The van der Waals surface area contributed by atoms with Crippen molar-refractivity contribution in [2.75, 3.05) is 12.8 Å². The summed E-state index contributed by atoms with van der Waals surface area (Å²) in [5, 5.41) is 9.23. The molecule has 1 aromatic carbocycles. The molecule has 0 aliphatic heterocycles. The molecule has 0 saturated heterocycles. The summed E-state index contributed by atoms with van der Waals surface area (Å²) in [5.74, 6) is 0.581. The molecule has 0 unspecified atom stereocenters. The zero-order valence-corrected chi connectivity index (χ0v) is 16.0. The number of rotatable bonds is 6. The van der Waals surface area contributed by atoms with Gasteiger partial charge >= 0.3 is 0 Å². The highest BCUT2D eigenvalue weighted by Gasteiger charge is 2.15. The van der Waals surface area contributed by atoms with Crippen molar-refractivity contribution in [2.24, 2.45) is 0 Å². The third-order valence-corrected chi connectivity index (χ3v) is 5.59. The van der Waals surface area contributed by atoms with E-state index in [4.69, 9.17) is 4.42 Å². The number of carbonyl (C=O) groups is 1. The molecule has 1 amide bonds. The molecule has 0 aliphatic rings. The summed E-state index contributed by atoms with van der Waals surface area (Å²) in [5.41, 5.74) is 1.71. The molecule has 3 heterocycles. The van der Waals surface area contributed by atoms with E-state index in [0.717, 1.165) is 20.8 Å². The van der Waals surface area contributed by atoms with Crippen LogP contribution in [0.5, 0.6) is 0 Å². The fourth-order valence-corrected chi connectivity index (χ4v) is 4.11. The van der Waals surface area contributed by atoms with Crippen molar-refractivity contribution in [1.29, 1.82) is 0 Å². The second-order valence-corrected chi connectivity index (χ2v) is 7.77. The van der Waals surface area contributed by atoms with Crippen LogP contribution < -0.4 is 0 Å². The number of para-hydroxylation sites is 1. The molecular formula is C18H15N5O2S2. The number of hydrogen-bond acceptors (Lipinski definition) is 8. The Labute approximate surface area is 163 Å². The normalized spacial score (nSPS) is 11.0. The summed E-state index contributed by atoms with van der Waals surface area (Å²) >= 11 is 2.82. The van der Waals surface area contributed by atoms with Crippen LogP contribution >= 0.6 is 23.1 Å². The number of carbonyl (C=O) groups excluding carboxylic acids is 1. The van der Waals surface area contributed by atoms with E-state index in [9.17, 15) is 4.79 Å². The summed E-state index contributed by atoms with van der Waals surface area (Å²) in [4.78, 5) is 22.6. The number of fused-ring (bicyclic) bond motifs is 1. The van der Waals surface area contributed by atoms with E-state index in [-0.39, 0.29) is 11.7 Å². The summed E-state index contributed by atoms with van der Waals surface area (Å²) in [6.07, 6.45) is 3.33. The van der Waals surface area contributed by atoms with E-state index in [2.05, 4.69) is 20.2 Å². The number of thioether (sulfide) groups is 1. The topological polar surface area (TPSA) is 85.0 Å². The number of pyridine rings is 1. The number of thiazole rings is 1. The highest BCUT2D eigenvalue weighted by Crippen LogP contribution is 2.24. The lowest BCUT2D eigenvalue weighted by Crippen LogP contribution is -2.27. The smallest absolute Gasteiger partial charge is 0.277 e. The predicted octanol–water partition coefficient (Wildman–Crippen LogP) is 3.49. The third-order valence-electron chi connectivity index (χ3n) is 3.77. The van der Waals surface area contributed by atoms with Crippen molar-refractivity contribution < 1.29 is 9.21 Å². The van der Waals surface area contributed by atoms with Crippen molar-refractivity contribution in [3.05, 3.63) is 53.8 Å². The van der Waals surface area contributed by atoms with Gasteiger partial charge in [-0.1, -0.05) is 23.9 Å². The SMILES string of the molecule is CN(Cc1nc2ccccc2s1)C(=O)CSc1nnc(-c2cccnc2)o1. The van der Waals surface area contributed by atoms with E-state index in [1.165, 1.54) is 11.8 Å². The molecule has 3 aromatic heterocycles. The first-order valence-electron chi connectivity index (χ1n) is 8.14. The lowest BCUT2D eigenvalue weighted by molar-refractivity contribution is -0.127. The largest absolute Gasteiger partial charge is 0.411 e. The molecule has 0 radical (unpaired) electrons. The molecule has 4 aromatic rings. The molecule has 27 heavy (non-hydrogen) atoms. The van der Waals surface area contributed by atoms with Crippen LogP contribution in [0.2, 0.25) is 0 Å². The van der Waals surface area contributed by atoms with Crippen LogP contribution in [0.1, 0.15) is 5.01 Å². The lowest BCUT2D eigenvalue weighted by Gasteiger charge is -2.14. The Bertz CT molecular complexity index is 1030. The summed E-state index contributed by atoms with van der Waals surface area (Å²) < 4.78 is 6.70. The van der Waals surface area contributed by atoms with Gasteiger partial charge in [0.1, 0.15) is 5.01 Å². The molecule has 136 valence electrons. The average molecular weight is 397 g/mol. The molecule has 0 spiro atoms. The van der Waals surface area contributed by atoms with Crippen LogP contribution in [-0.2, 0) is 11.3 Å². The van der Waals surface area contributed by atoms with Crippen LogP contribution in [0.3, 0.4) is 0 Å². The van der Waals surface area contributed by atoms with Crippen LogP contribution in [0.25, 0.3) is 21.7 Å². The minimum absolute atomic E-state index is 0.0274. The zero-order valence-electron chi connectivity index (χ0n) is 14.4. The Morgan fingerprint density at radius 1 is 1.22 bits per heavy atom. The highest BCUT2D eigenvalue weighted by molar-refractivity contribution is 7.99. The van der Waals surface area contributed by atoms with E-state index < -0.39 is 0 Å². The molecule has 9 heteroatoms. The van der Waals surface area contributed by atoms with E-state index in [0.29, 0.717) is 17.7 Å². The van der Waals surface area contributed by atoms with Gasteiger partial charge in [-0.25, -0.2) is 4.98 Å². The number of benzene rings is 1. The van der Waals surface area contributed by atoms with E-state index >= 15 is 0 Å². The number of hydrogen-bond donors (Lipinski definition) is 0. The third kappa shape index (κ3) is 4.15. The van der Waals surface area contributed by atoms with Gasteiger partial charge in [-0.05, 0) is 24.3 Å².